The molecule has 0 amide bonds. The fourth-order valence-electron chi connectivity index (χ4n) is 2.90. The molecule has 0 radical (unpaired) electrons. The number of nitrogens with zero attached hydrogens (tertiary/aromatic N) is 1. The summed E-state index contributed by atoms with van der Waals surface area (Å²) in [7, 11) is 1.81. The van der Waals surface area contributed by atoms with Crippen LogP contribution in [0, 0.1) is 0 Å². The zero-order chi connectivity index (χ0) is 15.4. The van der Waals surface area contributed by atoms with Crippen molar-refractivity contribution in [3.05, 3.63) is 29.3 Å². The fourth-order valence-corrected chi connectivity index (χ4v) is 3.99. The Labute approximate surface area is 135 Å². The van der Waals surface area contributed by atoms with Crippen LogP contribution in [0.1, 0.15) is 24.8 Å². The minimum absolute atomic E-state index is 0.0693. The Morgan fingerprint density at radius 2 is 2.14 bits per heavy atom. The van der Waals surface area contributed by atoms with Gasteiger partial charge >= 0.3 is 0 Å². The number of rotatable bonds is 6. The number of ether oxygens (including phenoxy) is 2. The monoisotopic (exact) mass is 320 g/mol. The number of methoxy groups -OCH3 is 1. The van der Waals surface area contributed by atoms with Crippen molar-refractivity contribution in [1.29, 1.82) is 0 Å². The van der Waals surface area contributed by atoms with Crippen molar-refractivity contribution in [2.75, 3.05) is 26.9 Å². The maximum Gasteiger partial charge on any atom is 0.0954 e. The molecule has 1 saturated heterocycles. The van der Waals surface area contributed by atoms with Crippen LogP contribution in [0.15, 0.2) is 24.3 Å². The summed E-state index contributed by atoms with van der Waals surface area (Å²) in [5.74, 6) is 0. The second-order valence-corrected chi connectivity index (χ2v) is 7.18. The largest absolute Gasteiger partial charge is 0.381 e. The van der Waals surface area contributed by atoms with E-state index in [4.69, 9.17) is 14.5 Å². The molecule has 1 aliphatic rings. The van der Waals surface area contributed by atoms with E-state index in [1.807, 2.05) is 13.2 Å². The molecule has 3 rings (SSSR count). The van der Waals surface area contributed by atoms with Gasteiger partial charge in [-0.15, -0.1) is 11.3 Å². The van der Waals surface area contributed by atoms with Crippen LogP contribution in [-0.4, -0.2) is 43.5 Å². The Kier molecular flexibility index (Phi) is 5.08. The number of thiazole rings is 1. The van der Waals surface area contributed by atoms with Crippen LogP contribution < -0.4 is 5.32 Å². The summed E-state index contributed by atoms with van der Waals surface area (Å²) in [4.78, 5) is 4.71. The summed E-state index contributed by atoms with van der Waals surface area (Å²) >= 11 is 1.79. The summed E-state index contributed by atoms with van der Waals surface area (Å²) in [6, 6.07) is 8.71. The maximum atomic E-state index is 5.77. The zero-order valence-electron chi connectivity index (χ0n) is 13.3. The number of nitrogens with one attached hydrogen (secondary N) is 1. The van der Waals surface area contributed by atoms with Crippen molar-refractivity contribution >= 4 is 21.6 Å². The highest BCUT2D eigenvalue weighted by Crippen LogP contribution is 2.25. The molecule has 5 heteroatoms. The Balaban J connectivity index is 1.56. The number of benzene rings is 1. The number of aromatic nitrogens is 1. The lowest BCUT2D eigenvalue weighted by Crippen LogP contribution is -2.49. The van der Waals surface area contributed by atoms with Crippen LogP contribution in [0.5, 0.6) is 0 Å². The fraction of sp³-hybridized carbons (Fsp3) is 0.588. The first-order valence-electron chi connectivity index (χ1n) is 7.91. The molecule has 2 aromatic rings. The van der Waals surface area contributed by atoms with E-state index >= 15 is 0 Å². The van der Waals surface area contributed by atoms with Crippen molar-refractivity contribution in [2.45, 2.75) is 37.8 Å². The highest BCUT2D eigenvalue weighted by molar-refractivity contribution is 7.18. The summed E-state index contributed by atoms with van der Waals surface area (Å²) < 4.78 is 12.5. The number of para-hydroxylation sites is 1. The molecule has 1 N–H and O–H groups in total. The summed E-state index contributed by atoms with van der Waals surface area (Å²) in [5.41, 5.74) is 1.03. The molecule has 1 fully saturated rings. The Morgan fingerprint density at radius 3 is 2.86 bits per heavy atom. The van der Waals surface area contributed by atoms with Crippen molar-refractivity contribution in [3.63, 3.8) is 0 Å². The van der Waals surface area contributed by atoms with E-state index < -0.39 is 0 Å². The Bertz CT molecular complexity index is 574. The van der Waals surface area contributed by atoms with E-state index in [1.54, 1.807) is 11.3 Å². The van der Waals surface area contributed by atoms with Gasteiger partial charge in [0, 0.05) is 52.2 Å². The zero-order valence-corrected chi connectivity index (χ0v) is 14.1. The molecule has 1 unspecified atom stereocenters. The predicted octanol–water partition coefficient (Wildman–Crippen LogP) is 3.01. The lowest BCUT2D eigenvalue weighted by molar-refractivity contribution is -0.0884. The standard InChI is InChI=1S/C17H24N2O2S/c1-13(18-12-17(20-2)7-9-21-10-8-17)11-16-19-14-5-3-4-6-15(14)22-16/h3-6,13,18H,7-12H2,1-2H3. The first-order valence-corrected chi connectivity index (χ1v) is 8.73. The van der Waals surface area contributed by atoms with Crippen molar-refractivity contribution in [1.82, 2.24) is 10.3 Å². The summed E-state index contributed by atoms with van der Waals surface area (Å²) in [6.07, 6.45) is 2.88. The molecule has 1 atom stereocenters. The lowest BCUT2D eigenvalue weighted by Gasteiger charge is -2.36. The van der Waals surface area contributed by atoms with Crippen molar-refractivity contribution in [3.8, 4) is 0 Å². The maximum absolute atomic E-state index is 5.77. The Morgan fingerprint density at radius 1 is 1.36 bits per heavy atom. The predicted molar refractivity (Wildman–Crippen MR) is 90.6 cm³/mol. The summed E-state index contributed by atoms with van der Waals surface area (Å²) in [6.45, 7) is 4.68. The molecule has 0 spiro atoms. The van der Waals surface area contributed by atoms with Crippen LogP contribution in [0.2, 0.25) is 0 Å². The van der Waals surface area contributed by atoms with Crippen LogP contribution in [0.3, 0.4) is 0 Å². The van der Waals surface area contributed by atoms with Crippen LogP contribution >= 0.6 is 11.3 Å². The summed E-state index contributed by atoms with van der Waals surface area (Å²) in [5, 5.41) is 4.82. The van der Waals surface area contributed by atoms with Crippen molar-refractivity contribution in [2.24, 2.45) is 0 Å². The van der Waals surface area contributed by atoms with Gasteiger partial charge in [0.25, 0.3) is 0 Å². The Hall–Kier alpha value is -1.01. The molecule has 2 heterocycles. The number of hydrogen-bond acceptors (Lipinski definition) is 5. The van der Waals surface area contributed by atoms with Crippen LogP contribution in [-0.2, 0) is 15.9 Å². The molecule has 0 bridgehead atoms. The van der Waals surface area contributed by atoms with Gasteiger partial charge in [0.1, 0.15) is 0 Å². The van der Waals surface area contributed by atoms with E-state index in [9.17, 15) is 0 Å². The van der Waals surface area contributed by atoms with Gasteiger partial charge in [-0.1, -0.05) is 12.1 Å². The highest BCUT2D eigenvalue weighted by atomic mass is 32.1. The minimum Gasteiger partial charge on any atom is -0.381 e. The number of hydrogen-bond donors (Lipinski definition) is 1. The van der Waals surface area contributed by atoms with Gasteiger partial charge < -0.3 is 14.8 Å². The molecule has 120 valence electrons. The number of fused-ring (bicyclic) bond motifs is 1. The molecule has 22 heavy (non-hydrogen) atoms. The van der Waals surface area contributed by atoms with Gasteiger partial charge in [-0.2, -0.15) is 0 Å². The van der Waals surface area contributed by atoms with Gasteiger partial charge in [-0.05, 0) is 19.1 Å². The molecule has 1 aliphatic heterocycles. The van der Waals surface area contributed by atoms with E-state index in [0.29, 0.717) is 6.04 Å². The van der Waals surface area contributed by atoms with Crippen molar-refractivity contribution < 1.29 is 9.47 Å². The topological polar surface area (TPSA) is 43.4 Å². The van der Waals surface area contributed by atoms with E-state index in [-0.39, 0.29) is 5.60 Å². The normalized spacial score (nSPS) is 19.4. The molecule has 1 aromatic carbocycles. The third-order valence-corrected chi connectivity index (χ3v) is 5.49. The van der Waals surface area contributed by atoms with E-state index in [0.717, 1.165) is 44.5 Å². The third-order valence-electron chi connectivity index (χ3n) is 4.43. The first kappa shape index (κ1) is 15.9. The van der Waals surface area contributed by atoms with Crippen LogP contribution in [0.4, 0.5) is 0 Å². The molecule has 4 nitrogen and oxygen atoms in total. The second kappa shape index (κ2) is 7.04. The minimum atomic E-state index is -0.0693. The second-order valence-electron chi connectivity index (χ2n) is 6.06. The molecule has 0 aliphatic carbocycles. The highest BCUT2D eigenvalue weighted by Gasteiger charge is 2.32. The van der Waals surface area contributed by atoms with Gasteiger partial charge in [0.05, 0.1) is 20.8 Å². The lowest BCUT2D eigenvalue weighted by atomic mass is 9.93. The van der Waals surface area contributed by atoms with E-state index in [2.05, 4.69) is 30.4 Å². The van der Waals surface area contributed by atoms with Gasteiger partial charge in [0.2, 0.25) is 0 Å². The quantitative estimate of drug-likeness (QED) is 0.888. The molecule has 1 aromatic heterocycles. The van der Waals surface area contributed by atoms with E-state index in [1.165, 1.54) is 9.71 Å². The smallest absolute Gasteiger partial charge is 0.0954 e. The van der Waals surface area contributed by atoms with Gasteiger partial charge in [-0.3, -0.25) is 0 Å². The SMILES string of the molecule is COC1(CNC(C)Cc2nc3ccccc3s2)CCOCC1. The molecule has 0 saturated carbocycles. The average molecular weight is 320 g/mol. The molecular weight excluding hydrogens is 296 g/mol. The first-order chi connectivity index (χ1) is 10.7. The molecular formula is C17H24N2O2S. The van der Waals surface area contributed by atoms with Crippen LogP contribution in [0.25, 0.3) is 10.2 Å². The van der Waals surface area contributed by atoms with Gasteiger partial charge in [-0.25, -0.2) is 4.98 Å². The average Bonchev–Trinajstić information content (AvgIpc) is 2.96. The third kappa shape index (κ3) is 3.66. The van der Waals surface area contributed by atoms with Gasteiger partial charge in [0.15, 0.2) is 0 Å².